The van der Waals surface area contributed by atoms with Gasteiger partial charge >= 0.3 is 6.18 Å². The van der Waals surface area contributed by atoms with Gasteiger partial charge in [0.1, 0.15) is 5.52 Å². The second kappa shape index (κ2) is 4.97. The van der Waals surface area contributed by atoms with Crippen molar-refractivity contribution in [3.05, 3.63) is 30.1 Å². The zero-order valence-electron chi connectivity index (χ0n) is 11.8. The van der Waals surface area contributed by atoms with Gasteiger partial charge in [0.25, 0.3) is 0 Å². The number of H-pyrrole nitrogens is 1. The first-order valence-corrected chi connectivity index (χ1v) is 6.31. The van der Waals surface area contributed by atoms with Crippen LogP contribution in [0.5, 0.6) is 0 Å². The molecule has 0 aliphatic heterocycles. The molecule has 3 heterocycles. The van der Waals surface area contributed by atoms with Crippen molar-refractivity contribution >= 4 is 17.0 Å². The summed E-state index contributed by atoms with van der Waals surface area (Å²) in [6.45, 7) is 0.357. The van der Waals surface area contributed by atoms with Crippen LogP contribution in [0.3, 0.4) is 0 Å². The third-order valence-electron chi connectivity index (χ3n) is 3.06. The number of aromatic nitrogens is 6. The van der Waals surface area contributed by atoms with Gasteiger partial charge in [0.05, 0.1) is 12.5 Å². The number of rotatable bonds is 3. The molecule has 10 heteroatoms. The van der Waals surface area contributed by atoms with E-state index >= 15 is 0 Å². The molecule has 0 saturated heterocycles. The highest BCUT2D eigenvalue weighted by molar-refractivity contribution is 5.82. The van der Waals surface area contributed by atoms with E-state index in [4.69, 9.17) is 0 Å². The monoisotopic (exact) mass is 311 g/mol. The summed E-state index contributed by atoms with van der Waals surface area (Å²) in [5.74, 6) is -1.07. The first-order valence-electron chi connectivity index (χ1n) is 6.31. The van der Waals surface area contributed by atoms with Gasteiger partial charge in [-0.1, -0.05) is 0 Å². The Morgan fingerprint density at radius 1 is 1.32 bits per heavy atom. The first-order chi connectivity index (χ1) is 10.3. The Balaban J connectivity index is 2.02. The van der Waals surface area contributed by atoms with Gasteiger partial charge in [-0.25, -0.2) is 15.0 Å². The van der Waals surface area contributed by atoms with E-state index in [1.54, 1.807) is 36.1 Å². The van der Waals surface area contributed by atoms with Crippen LogP contribution < -0.4 is 4.90 Å². The molecule has 0 spiro atoms. The molecule has 22 heavy (non-hydrogen) atoms. The summed E-state index contributed by atoms with van der Waals surface area (Å²) in [6, 6.07) is 0. The second-order valence-electron chi connectivity index (χ2n) is 4.85. The van der Waals surface area contributed by atoms with Gasteiger partial charge in [-0.15, -0.1) is 0 Å². The lowest BCUT2D eigenvalue weighted by Crippen LogP contribution is -2.21. The number of anilines is 1. The fourth-order valence-electron chi connectivity index (χ4n) is 2.12. The minimum absolute atomic E-state index is 0.0182. The van der Waals surface area contributed by atoms with Crippen LogP contribution in [0.2, 0.25) is 0 Å². The molecular formula is C12H12F3N7. The van der Waals surface area contributed by atoms with Crippen molar-refractivity contribution in [2.24, 2.45) is 7.05 Å². The van der Waals surface area contributed by atoms with Crippen LogP contribution in [0.4, 0.5) is 19.0 Å². The Labute approximate surface area is 122 Å². The van der Waals surface area contributed by atoms with Crippen LogP contribution in [0, 0.1) is 0 Å². The number of nitrogens with zero attached hydrogens (tertiary/aromatic N) is 6. The number of aromatic amines is 1. The Morgan fingerprint density at radius 3 is 2.73 bits per heavy atom. The molecule has 0 aliphatic carbocycles. The van der Waals surface area contributed by atoms with Gasteiger partial charge in [0, 0.05) is 32.4 Å². The van der Waals surface area contributed by atoms with E-state index in [-0.39, 0.29) is 11.5 Å². The molecule has 0 bridgehead atoms. The summed E-state index contributed by atoms with van der Waals surface area (Å²) < 4.78 is 40.3. The fourth-order valence-corrected chi connectivity index (χ4v) is 2.12. The standard InChI is InChI=1S/C12H12F3N7/c1-21(4-7-3-18-22(2)5-7)10-8-9(17-6-16-8)19-11(20-10)12(13,14)15/h3,5-6H,4H2,1-2H3,(H,16,17,19,20). The lowest BCUT2D eigenvalue weighted by molar-refractivity contribution is -0.144. The van der Waals surface area contributed by atoms with Crippen molar-refractivity contribution in [1.29, 1.82) is 0 Å². The maximum absolute atomic E-state index is 12.9. The van der Waals surface area contributed by atoms with E-state index in [1.165, 1.54) is 6.33 Å². The Bertz CT molecular complexity index is 805. The van der Waals surface area contributed by atoms with Crippen LogP contribution in [0.25, 0.3) is 11.2 Å². The predicted octanol–water partition coefficient (Wildman–Crippen LogP) is 1.74. The smallest absolute Gasteiger partial charge is 0.353 e. The summed E-state index contributed by atoms with van der Waals surface area (Å²) >= 11 is 0. The number of nitrogens with one attached hydrogen (secondary N) is 1. The van der Waals surface area contributed by atoms with Gasteiger partial charge in [-0.2, -0.15) is 18.3 Å². The van der Waals surface area contributed by atoms with Crippen molar-refractivity contribution < 1.29 is 13.2 Å². The zero-order chi connectivity index (χ0) is 15.9. The summed E-state index contributed by atoms with van der Waals surface area (Å²) in [5.41, 5.74) is 1.19. The zero-order valence-corrected chi connectivity index (χ0v) is 11.8. The van der Waals surface area contributed by atoms with Gasteiger partial charge < -0.3 is 9.88 Å². The summed E-state index contributed by atoms with van der Waals surface area (Å²) in [5, 5.41) is 4.03. The highest BCUT2D eigenvalue weighted by atomic mass is 19.4. The fraction of sp³-hybridized carbons (Fsp3) is 0.333. The molecule has 3 rings (SSSR count). The Morgan fingerprint density at radius 2 is 2.09 bits per heavy atom. The normalized spacial score (nSPS) is 12.0. The van der Waals surface area contributed by atoms with E-state index < -0.39 is 12.0 Å². The van der Waals surface area contributed by atoms with E-state index in [1.807, 2.05) is 0 Å². The maximum atomic E-state index is 12.9. The van der Waals surface area contributed by atoms with Gasteiger partial charge in [-0.3, -0.25) is 4.68 Å². The quantitative estimate of drug-likeness (QED) is 0.797. The molecule has 0 radical (unpaired) electrons. The Hall–Kier alpha value is -2.65. The lowest BCUT2D eigenvalue weighted by atomic mass is 10.3. The minimum atomic E-state index is -4.63. The molecule has 0 amide bonds. The first kappa shape index (κ1) is 14.3. The van der Waals surface area contributed by atoms with E-state index in [0.717, 1.165) is 5.56 Å². The van der Waals surface area contributed by atoms with Gasteiger partial charge in [0.2, 0.25) is 5.82 Å². The van der Waals surface area contributed by atoms with E-state index in [2.05, 4.69) is 25.0 Å². The van der Waals surface area contributed by atoms with Crippen molar-refractivity contribution in [3.8, 4) is 0 Å². The molecule has 7 nitrogen and oxygen atoms in total. The highest BCUT2D eigenvalue weighted by Gasteiger charge is 2.36. The molecule has 116 valence electrons. The topological polar surface area (TPSA) is 75.5 Å². The van der Waals surface area contributed by atoms with Crippen molar-refractivity contribution in [3.63, 3.8) is 0 Å². The molecule has 3 aromatic heterocycles. The molecular weight excluding hydrogens is 299 g/mol. The average Bonchev–Trinajstić information content (AvgIpc) is 3.05. The number of imidazole rings is 1. The average molecular weight is 311 g/mol. The molecule has 0 saturated carbocycles. The summed E-state index contributed by atoms with van der Waals surface area (Å²) in [4.78, 5) is 15.2. The molecule has 0 aliphatic rings. The third-order valence-corrected chi connectivity index (χ3v) is 3.06. The molecule has 0 atom stereocenters. The molecule has 0 unspecified atom stereocenters. The molecule has 0 aromatic carbocycles. The third kappa shape index (κ3) is 2.59. The maximum Gasteiger partial charge on any atom is 0.451 e. The molecule has 3 aromatic rings. The van der Waals surface area contributed by atoms with Gasteiger partial charge in [0.15, 0.2) is 11.5 Å². The molecule has 1 N–H and O–H groups in total. The Kier molecular flexibility index (Phi) is 3.23. The van der Waals surface area contributed by atoms with E-state index in [0.29, 0.717) is 12.1 Å². The highest BCUT2D eigenvalue weighted by Crippen LogP contribution is 2.30. The van der Waals surface area contributed by atoms with Crippen molar-refractivity contribution in [1.82, 2.24) is 29.7 Å². The lowest BCUT2D eigenvalue weighted by Gasteiger charge is -2.18. The largest absolute Gasteiger partial charge is 0.451 e. The summed E-state index contributed by atoms with van der Waals surface area (Å²) in [6.07, 6.45) is 0.0942. The van der Waals surface area contributed by atoms with Gasteiger partial charge in [-0.05, 0) is 0 Å². The SMILES string of the molecule is CN(Cc1cnn(C)c1)c1nc(C(F)(F)F)nc2nc[nH]c12. The van der Waals surface area contributed by atoms with Crippen molar-refractivity contribution in [2.45, 2.75) is 12.7 Å². The number of aryl methyl sites for hydroxylation is 1. The summed E-state index contributed by atoms with van der Waals surface area (Å²) in [7, 11) is 3.42. The van der Waals surface area contributed by atoms with Crippen LogP contribution in [-0.2, 0) is 19.8 Å². The van der Waals surface area contributed by atoms with Crippen LogP contribution in [-0.4, -0.2) is 36.8 Å². The van der Waals surface area contributed by atoms with E-state index in [9.17, 15) is 13.2 Å². The van der Waals surface area contributed by atoms with Crippen LogP contribution in [0.15, 0.2) is 18.7 Å². The minimum Gasteiger partial charge on any atom is -0.353 e. The van der Waals surface area contributed by atoms with Crippen LogP contribution in [0.1, 0.15) is 11.4 Å². The van der Waals surface area contributed by atoms with Crippen molar-refractivity contribution in [2.75, 3.05) is 11.9 Å². The predicted molar refractivity (Wildman–Crippen MR) is 72.0 cm³/mol. The van der Waals surface area contributed by atoms with Crippen LogP contribution >= 0.6 is 0 Å². The number of hydrogen-bond donors (Lipinski definition) is 1. The second-order valence-corrected chi connectivity index (χ2v) is 4.85. The number of alkyl halides is 3. The molecule has 0 fully saturated rings. The number of halogens is 3. The number of hydrogen-bond acceptors (Lipinski definition) is 5. The number of fused-ring (bicyclic) bond motifs is 1.